The van der Waals surface area contributed by atoms with E-state index in [0.717, 1.165) is 17.4 Å². The SMILES string of the molecule is Cc1cnc(NC(=O)CCCCCC(=O)Nc2ccc(F)cc2N)s1. The van der Waals surface area contributed by atoms with E-state index in [2.05, 4.69) is 15.6 Å². The topological polar surface area (TPSA) is 97.1 Å². The van der Waals surface area contributed by atoms with Gasteiger partial charge in [-0.25, -0.2) is 9.37 Å². The van der Waals surface area contributed by atoms with Crippen molar-refractivity contribution in [3.8, 4) is 0 Å². The maximum Gasteiger partial charge on any atom is 0.226 e. The fourth-order valence-corrected chi connectivity index (χ4v) is 2.88. The third-order valence-corrected chi connectivity index (χ3v) is 4.29. The van der Waals surface area contributed by atoms with Crippen LogP contribution in [0.5, 0.6) is 0 Å². The highest BCUT2D eigenvalue weighted by atomic mass is 32.1. The number of nitrogens with zero attached hydrogens (tertiary/aromatic N) is 1. The van der Waals surface area contributed by atoms with E-state index in [1.54, 1.807) is 6.20 Å². The predicted octanol–water partition coefficient (Wildman–Crippen LogP) is 3.70. The quantitative estimate of drug-likeness (QED) is 0.491. The van der Waals surface area contributed by atoms with Crippen LogP contribution in [0.1, 0.15) is 37.0 Å². The van der Waals surface area contributed by atoms with Crippen LogP contribution in [0, 0.1) is 12.7 Å². The molecule has 0 radical (unpaired) electrons. The van der Waals surface area contributed by atoms with Crippen molar-refractivity contribution in [1.82, 2.24) is 4.98 Å². The van der Waals surface area contributed by atoms with Crippen LogP contribution in [0.2, 0.25) is 0 Å². The van der Waals surface area contributed by atoms with Gasteiger partial charge in [0, 0.05) is 23.9 Å². The van der Waals surface area contributed by atoms with Crippen molar-refractivity contribution < 1.29 is 14.0 Å². The van der Waals surface area contributed by atoms with Crippen molar-refractivity contribution in [2.75, 3.05) is 16.4 Å². The number of unbranched alkanes of at least 4 members (excludes halogenated alkanes) is 2. The van der Waals surface area contributed by atoms with Crippen LogP contribution < -0.4 is 16.4 Å². The van der Waals surface area contributed by atoms with Gasteiger partial charge in [-0.15, -0.1) is 11.3 Å². The summed E-state index contributed by atoms with van der Waals surface area (Å²) in [7, 11) is 0. The standard InChI is InChI=1S/C17H21FN4O2S/c1-11-10-20-17(25-11)22-16(24)6-4-2-3-5-15(23)21-14-8-7-12(18)9-13(14)19/h7-10H,2-6,19H2,1H3,(H,21,23)(H,20,22,24). The van der Waals surface area contributed by atoms with Crippen LogP contribution in [0.4, 0.5) is 20.9 Å². The zero-order valence-corrected chi connectivity index (χ0v) is 14.8. The maximum absolute atomic E-state index is 12.9. The predicted molar refractivity (Wildman–Crippen MR) is 98.0 cm³/mol. The summed E-state index contributed by atoms with van der Waals surface area (Å²) in [6.45, 7) is 1.93. The average molecular weight is 364 g/mol. The van der Waals surface area contributed by atoms with Crippen LogP contribution in [0.25, 0.3) is 0 Å². The maximum atomic E-state index is 12.9. The number of carbonyl (C=O) groups excluding carboxylic acids is 2. The van der Waals surface area contributed by atoms with E-state index in [1.165, 1.54) is 23.5 Å². The van der Waals surface area contributed by atoms with Crippen molar-refractivity contribution in [2.45, 2.75) is 39.0 Å². The highest BCUT2D eigenvalue weighted by molar-refractivity contribution is 7.15. The van der Waals surface area contributed by atoms with E-state index in [4.69, 9.17) is 5.73 Å². The molecule has 0 spiro atoms. The molecule has 8 heteroatoms. The molecular weight excluding hydrogens is 343 g/mol. The normalized spacial score (nSPS) is 10.5. The van der Waals surface area contributed by atoms with Gasteiger partial charge in [0.15, 0.2) is 5.13 Å². The molecule has 0 fully saturated rings. The first-order valence-electron chi connectivity index (χ1n) is 8.01. The average Bonchev–Trinajstić information content (AvgIpc) is 2.94. The fraction of sp³-hybridized carbons (Fsp3) is 0.353. The summed E-state index contributed by atoms with van der Waals surface area (Å²) in [6.07, 6.45) is 4.55. The second-order valence-corrected chi connectivity index (χ2v) is 6.90. The van der Waals surface area contributed by atoms with Gasteiger partial charge in [-0.05, 0) is 38.0 Å². The van der Waals surface area contributed by atoms with Crippen molar-refractivity contribution in [3.63, 3.8) is 0 Å². The van der Waals surface area contributed by atoms with E-state index in [1.807, 2.05) is 6.92 Å². The fourth-order valence-electron chi connectivity index (χ4n) is 2.20. The summed E-state index contributed by atoms with van der Waals surface area (Å²) < 4.78 is 12.9. The molecule has 4 N–H and O–H groups in total. The Morgan fingerprint density at radius 1 is 1.16 bits per heavy atom. The lowest BCUT2D eigenvalue weighted by Gasteiger charge is -2.08. The van der Waals surface area contributed by atoms with Gasteiger partial charge >= 0.3 is 0 Å². The highest BCUT2D eigenvalue weighted by Crippen LogP contribution is 2.20. The number of rotatable bonds is 8. The summed E-state index contributed by atoms with van der Waals surface area (Å²) >= 11 is 1.44. The number of aromatic nitrogens is 1. The van der Waals surface area contributed by atoms with Gasteiger partial charge in [0.2, 0.25) is 11.8 Å². The van der Waals surface area contributed by atoms with Gasteiger partial charge in [-0.3, -0.25) is 9.59 Å². The molecule has 0 saturated carbocycles. The van der Waals surface area contributed by atoms with Crippen LogP contribution in [-0.4, -0.2) is 16.8 Å². The van der Waals surface area contributed by atoms with Crippen molar-refractivity contribution in [1.29, 1.82) is 0 Å². The lowest BCUT2D eigenvalue weighted by Crippen LogP contribution is -2.13. The van der Waals surface area contributed by atoms with Gasteiger partial charge in [-0.2, -0.15) is 0 Å². The third-order valence-electron chi connectivity index (χ3n) is 3.46. The Hall–Kier alpha value is -2.48. The van der Waals surface area contributed by atoms with Crippen LogP contribution in [-0.2, 0) is 9.59 Å². The first kappa shape index (κ1) is 18.9. The number of amides is 2. The number of halogens is 1. The molecule has 0 saturated heterocycles. The summed E-state index contributed by atoms with van der Waals surface area (Å²) in [5.41, 5.74) is 6.24. The second-order valence-electron chi connectivity index (χ2n) is 5.66. The second kappa shape index (κ2) is 9.12. The third kappa shape index (κ3) is 6.50. The molecule has 2 rings (SSSR count). The summed E-state index contributed by atoms with van der Waals surface area (Å²) in [6, 6.07) is 3.85. The van der Waals surface area contributed by atoms with Gasteiger partial charge in [0.25, 0.3) is 0 Å². The summed E-state index contributed by atoms with van der Waals surface area (Å²) in [4.78, 5) is 28.7. The van der Waals surface area contributed by atoms with Crippen molar-refractivity contribution in [3.05, 3.63) is 35.1 Å². The minimum Gasteiger partial charge on any atom is -0.397 e. The zero-order valence-electron chi connectivity index (χ0n) is 14.0. The number of thiazole rings is 1. The highest BCUT2D eigenvalue weighted by Gasteiger charge is 2.08. The monoisotopic (exact) mass is 364 g/mol. The number of anilines is 3. The molecular formula is C17H21FN4O2S. The van der Waals surface area contributed by atoms with E-state index in [9.17, 15) is 14.0 Å². The Morgan fingerprint density at radius 3 is 2.44 bits per heavy atom. The van der Waals surface area contributed by atoms with E-state index < -0.39 is 5.82 Å². The zero-order chi connectivity index (χ0) is 18.2. The molecule has 0 unspecified atom stereocenters. The minimum atomic E-state index is -0.443. The lowest BCUT2D eigenvalue weighted by atomic mass is 10.1. The van der Waals surface area contributed by atoms with Crippen molar-refractivity contribution in [2.24, 2.45) is 0 Å². The Morgan fingerprint density at radius 2 is 1.84 bits per heavy atom. The largest absolute Gasteiger partial charge is 0.397 e. The number of nitrogens with two attached hydrogens (primary N) is 1. The molecule has 2 aromatic rings. The number of aryl methyl sites for hydroxylation is 1. The van der Waals surface area contributed by atoms with Crippen LogP contribution >= 0.6 is 11.3 Å². The van der Waals surface area contributed by atoms with Crippen LogP contribution in [0.3, 0.4) is 0 Å². The first-order valence-corrected chi connectivity index (χ1v) is 8.83. The molecule has 0 aliphatic carbocycles. The number of nitrogens with one attached hydrogen (secondary N) is 2. The number of carbonyl (C=O) groups is 2. The van der Waals surface area contributed by atoms with Crippen molar-refractivity contribution >= 4 is 39.7 Å². The molecule has 0 bridgehead atoms. The molecule has 0 aliphatic rings. The molecule has 1 aromatic carbocycles. The van der Waals surface area contributed by atoms with Crippen LogP contribution in [0.15, 0.2) is 24.4 Å². The molecule has 2 amide bonds. The van der Waals surface area contributed by atoms with E-state index in [0.29, 0.717) is 36.5 Å². The lowest BCUT2D eigenvalue weighted by molar-refractivity contribution is -0.116. The molecule has 1 aromatic heterocycles. The smallest absolute Gasteiger partial charge is 0.226 e. The number of hydrogen-bond acceptors (Lipinski definition) is 5. The molecule has 0 aliphatic heterocycles. The Balaban J connectivity index is 1.60. The summed E-state index contributed by atoms with van der Waals surface area (Å²) in [5, 5.41) is 6.02. The molecule has 0 atom stereocenters. The Bertz CT molecular complexity index is 748. The summed E-state index contributed by atoms with van der Waals surface area (Å²) in [5.74, 6) is -0.694. The molecule has 1 heterocycles. The molecule has 25 heavy (non-hydrogen) atoms. The van der Waals surface area contributed by atoms with E-state index in [-0.39, 0.29) is 17.5 Å². The molecule has 6 nitrogen and oxygen atoms in total. The van der Waals surface area contributed by atoms with Gasteiger partial charge in [0.1, 0.15) is 5.82 Å². The Labute approximate surface area is 149 Å². The number of benzene rings is 1. The minimum absolute atomic E-state index is 0.0714. The Kier molecular flexibility index (Phi) is 6.88. The first-order chi connectivity index (χ1) is 11.9. The number of hydrogen-bond donors (Lipinski definition) is 3. The van der Waals surface area contributed by atoms with Gasteiger partial charge in [0.05, 0.1) is 11.4 Å². The van der Waals surface area contributed by atoms with Gasteiger partial charge in [-0.1, -0.05) is 6.42 Å². The van der Waals surface area contributed by atoms with E-state index >= 15 is 0 Å². The van der Waals surface area contributed by atoms with Gasteiger partial charge < -0.3 is 16.4 Å². The molecule has 134 valence electrons. The number of nitrogen functional groups attached to an aromatic ring is 1.